The maximum absolute atomic E-state index is 13.0. The van der Waals surface area contributed by atoms with Gasteiger partial charge in [-0.15, -0.1) is 0 Å². The quantitative estimate of drug-likeness (QED) is 0.0130. The lowest BCUT2D eigenvalue weighted by Crippen LogP contribution is -2.64. The highest BCUT2D eigenvalue weighted by atomic mass is 31.2. The number of allylic oxidation sites excluding steroid dienone is 2. The standard InChI is InChI=1S/C45H86O16P2/c1-3-5-7-9-11-13-15-17-19-21-23-25-27-29-31-33-38(46)57-35-37(59-39(47)34-32-30-28-26-24-22-20-18-16-14-12-10-8-6-4-2)36-58-63(55,56)61-45-42(50)40(48)41(49)44(43(45)51)60-62(52,53)54/h18,20,37,40-45,48-51H,3-17,19,21-36H2,1-2H3,(H,55,56)(H2,52,53,54)/b20-18-/t37-,40?,41?,42?,43?,44-,45+/m1/s1. The van der Waals surface area contributed by atoms with Crippen molar-refractivity contribution in [2.75, 3.05) is 13.2 Å². The SMILES string of the molecule is CCCCCCCC/C=C\CCCCCCCC(=O)O[C@H](COC(=O)CCCCCCCCCCCCCCCCC)COP(=O)(O)O[C@H]1C(O)C(O)C(O)[C@@H](OP(=O)(O)O)C1O. The minimum atomic E-state index is -5.36. The Morgan fingerprint density at radius 3 is 1.30 bits per heavy atom. The van der Waals surface area contributed by atoms with Crippen LogP contribution in [0, 0.1) is 0 Å². The molecule has 0 aromatic carbocycles. The number of carbonyl (C=O) groups is 2. The molecule has 0 radical (unpaired) electrons. The number of aliphatic hydroxyl groups excluding tert-OH is 4. The van der Waals surface area contributed by atoms with Gasteiger partial charge in [-0.05, 0) is 38.5 Å². The van der Waals surface area contributed by atoms with Gasteiger partial charge in [0.05, 0.1) is 6.61 Å². The Balaban J connectivity index is 2.58. The molecule has 0 spiro atoms. The zero-order chi connectivity index (χ0) is 46.8. The van der Waals surface area contributed by atoms with Crippen LogP contribution < -0.4 is 0 Å². The number of phosphoric ester groups is 2. The van der Waals surface area contributed by atoms with E-state index in [0.29, 0.717) is 12.8 Å². The van der Waals surface area contributed by atoms with E-state index in [2.05, 4.69) is 30.5 Å². The van der Waals surface area contributed by atoms with Crippen LogP contribution in [0.2, 0.25) is 0 Å². The highest BCUT2D eigenvalue weighted by molar-refractivity contribution is 7.47. The molecular weight excluding hydrogens is 858 g/mol. The summed E-state index contributed by atoms with van der Waals surface area (Å²) in [6.45, 7) is 3.11. The molecule has 1 aliphatic carbocycles. The summed E-state index contributed by atoms with van der Waals surface area (Å²) in [5.41, 5.74) is 0. The molecule has 1 aliphatic rings. The van der Waals surface area contributed by atoms with E-state index in [9.17, 15) is 53.8 Å². The third-order valence-electron chi connectivity index (χ3n) is 11.3. The number of carbonyl (C=O) groups excluding carboxylic acids is 2. The van der Waals surface area contributed by atoms with Crippen molar-refractivity contribution in [1.82, 2.24) is 0 Å². The van der Waals surface area contributed by atoms with Crippen LogP contribution in [0.25, 0.3) is 0 Å². The summed E-state index contributed by atoms with van der Waals surface area (Å²) in [5.74, 6) is -1.20. The lowest BCUT2D eigenvalue weighted by Gasteiger charge is -2.43. The van der Waals surface area contributed by atoms with Crippen molar-refractivity contribution in [3.05, 3.63) is 12.2 Å². The van der Waals surface area contributed by atoms with Crippen molar-refractivity contribution >= 4 is 27.6 Å². The van der Waals surface area contributed by atoms with Gasteiger partial charge < -0.3 is 44.6 Å². The first kappa shape index (κ1) is 59.8. The number of aliphatic hydroxyl groups is 4. The molecule has 0 aromatic heterocycles. The molecule has 8 atom stereocenters. The van der Waals surface area contributed by atoms with Crippen molar-refractivity contribution in [1.29, 1.82) is 0 Å². The van der Waals surface area contributed by atoms with E-state index in [-0.39, 0.29) is 12.8 Å². The molecule has 0 heterocycles. The normalized spacial score (nSPS) is 22.0. The largest absolute Gasteiger partial charge is 0.472 e. The number of hydrogen-bond donors (Lipinski definition) is 7. The van der Waals surface area contributed by atoms with E-state index >= 15 is 0 Å². The summed E-state index contributed by atoms with van der Waals surface area (Å²) in [7, 11) is -10.7. The van der Waals surface area contributed by atoms with Gasteiger partial charge in [-0.1, -0.05) is 167 Å². The van der Waals surface area contributed by atoms with Gasteiger partial charge >= 0.3 is 27.6 Å². The Labute approximate surface area is 378 Å². The number of esters is 2. The Hall–Kier alpha value is -1.26. The van der Waals surface area contributed by atoms with Crippen LogP contribution in [0.5, 0.6) is 0 Å². The van der Waals surface area contributed by atoms with E-state index in [1.807, 2.05) is 0 Å². The van der Waals surface area contributed by atoms with Gasteiger partial charge in [0.2, 0.25) is 0 Å². The Morgan fingerprint density at radius 2 is 0.873 bits per heavy atom. The lowest BCUT2D eigenvalue weighted by molar-refractivity contribution is -0.216. The molecule has 16 nitrogen and oxygen atoms in total. The average molecular weight is 945 g/mol. The van der Waals surface area contributed by atoms with Crippen LogP contribution in [-0.4, -0.2) is 103 Å². The van der Waals surface area contributed by atoms with Crippen LogP contribution >= 0.6 is 15.6 Å². The van der Waals surface area contributed by atoms with Crippen LogP contribution in [0.3, 0.4) is 0 Å². The van der Waals surface area contributed by atoms with E-state index in [1.54, 1.807) is 0 Å². The van der Waals surface area contributed by atoms with E-state index in [4.69, 9.17) is 18.5 Å². The second-order valence-electron chi connectivity index (χ2n) is 17.2. The predicted molar refractivity (Wildman–Crippen MR) is 241 cm³/mol. The summed E-state index contributed by atoms with van der Waals surface area (Å²) in [6.07, 6.45) is 21.7. The molecule has 372 valence electrons. The van der Waals surface area contributed by atoms with Gasteiger partial charge in [0.25, 0.3) is 0 Å². The van der Waals surface area contributed by atoms with Gasteiger partial charge in [-0.25, -0.2) is 9.13 Å². The molecule has 1 saturated carbocycles. The first-order valence-electron chi connectivity index (χ1n) is 24.2. The molecule has 0 amide bonds. The lowest BCUT2D eigenvalue weighted by atomic mass is 9.85. The maximum Gasteiger partial charge on any atom is 0.472 e. The van der Waals surface area contributed by atoms with Crippen LogP contribution in [-0.2, 0) is 41.8 Å². The van der Waals surface area contributed by atoms with Crippen LogP contribution in [0.4, 0.5) is 0 Å². The topological polar surface area (TPSA) is 256 Å². The number of hydrogen-bond acceptors (Lipinski definition) is 13. The van der Waals surface area contributed by atoms with Crippen molar-refractivity contribution in [2.45, 2.75) is 249 Å². The number of ether oxygens (including phenoxy) is 2. The molecule has 0 saturated heterocycles. The van der Waals surface area contributed by atoms with Gasteiger partial charge in [-0.3, -0.25) is 23.2 Å². The fourth-order valence-electron chi connectivity index (χ4n) is 7.55. The Bertz CT molecular complexity index is 1280. The summed E-state index contributed by atoms with van der Waals surface area (Å²) in [6, 6.07) is 0. The van der Waals surface area contributed by atoms with E-state index < -0.39 is 83.5 Å². The third-order valence-corrected chi connectivity index (χ3v) is 12.8. The summed E-state index contributed by atoms with van der Waals surface area (Å²) >= 11 is 0. The molecule has 1 rings (SSSR count). The third kappa shape index (κ3) is 31.4. The zero-order valence-corrected chi connectivity index (χ0v) is 40.3. The maximum atomic E-state index is 13.0. The number of phosphoric acid groups is 2. The highest BCUT2D eigenvalue weighted by Gasteiger charge is 2.54. The smallest absolute Gasteiger partial charge is 0.462 e. The molecule has 1 fully saturated rings. The first-order valence-corrected chi connectivity index (χ1v) is 27.3. The van der Waals surface area contributed by atoms with Crippen molar-refractivity contribution in [3.8, 4) is 0 Å². The van der Waals surface area contributed by atoms with Crippen molar-refractivity contribution in [2.24, 2.45) is 0 Å². The van der Waals surface area contributed by atoms with Gasteiger partial charge in [0.15, 0.2) is 6.10 Å². The molecular formula is C45H86O16P2. The Kier molecular flexibility index (Phi) is 34.9. The van der Waals surface area contributed by atoms with Crippen LogP contribution in [0.15, 0.2) is 12.2 Å². The second-order valence-corrected chi connectivity index (χ2v) is 19.8. The molecule has 18 heteroatoms. The number of unbranched alkanes of at least 4 members (excludes halogenated alkanes) is 25. The summed E-state index contributed by atoms with van der Waals surface area (Å²) in [5, 5.41) is 41.2. The summed E-state index contributed by atoms with van der Waals surface area (Å²) in [4.78, 5) is 54.3. The first-order chi connectivity index (χ1) is 30.1. The molecule has 0 aliphatic heterocycles. The number of rotatable bonds is 41. The molecule has 0 bridgehead atoms. The van der Waals surface area contributed by atoms with Crippen molar-refractivity contribution in [3.63, 3.8) is 0 Å². The van der Waals surface area contributed by atoms with E-state index in [1.165, 1.54) is 103 Å². The second kappa shape index (κ2) is 36.8. The van der Waals surface area contributed by atoms with Gasteiger partial charge in [-0.2, -0.15) is 0 Å². The van der Waals surface area contributed by atoms with Gasteiger partial charge in [0, 0.05) is 12.8 Å². The Morgan fingerprint density at radius 1 is 0.492 bits per heavy atom. The van der Waals surface area contributed by atoms with E-state index in [0.717, 1.165) is 64.2 Å². The fraction of sp³-hybridized carbons (Fsp3) is 0.911. The minimum absolute atomic E-state index is 0.0383. The summed E-state index contributed by atoms with van der Waals surface area (Å²) < 4.78 is 49.4. The van der Waals surface area contributed by atoms with Crippen LogP contribution in [0.1, 0.15) is 206 Å². The molecule has 0 aromatic rings. The average Bonchev–Trinajstić information content (AvgIpc) is 3.23. The molecule has 63 heavy (non-hydrogen) atoms. The molecule has 7 N–H and O–H groups in total. The fourth-order valence-corrected chi connectivity index (χ4v) is 9.09. The predicted octanol–water partition coefficient (Wildman–Crippen LogP) is 9.18. The molecule has 5 unspecified atom stereocenters. The monoisotopic (exact) mass is 945 g/mol. The zero-order valence-electron chi connectivity index (χ0n) is 38.5. The minimum Gasteiger partial charge on any atom is -0.462 e. The van der Waals surface area contributed by atoms with Crippen molar-refractivity contribution < 1.29 is 76.9 Å². The highest BCUT2D eigenvalue weighted by Crippen LogP contribution is 2.49. The van der Waals surface area contributed by atoms with Gasteiger partial charge in [0.1, 0.15) is 43.2 Å².